The highest BCUT2D eigenvalue weighted by Crippen LogP contribution is 2.26. The van der Waals surface area contributed by atoms with Gasteiger partial charge >= 0.3 is 0 Å². The van der Waals surface area contributed by atoms with Gasteiger partial charge < -0.3 is 5.32 Å². The topological polar surface area (TPSA) is 54.9 Å². The molecule has 0 saturated heterocycles. The van der Waals surface area contributed by atoms with E-state index in [1.54, 1.807) is 6.20 Å². The van der Waals surface area contributed by atoms with E-state index in [4.69, 9.17) is 0 Å². The van der Waals surface area contributed by atoms with Crippen molar-refractivity contribution in [3.05, 3.63) is 58.5 Å². The van der Waals surface area contributed by atoms with Crippen LogP contribution in [0.5, 0.6) is 0 Å². The number of thioether (sulfide) groups is 1. The summed E-state index contributed by atoms with van der Waals surface area (Å²) in [6, 6.07) is 13.5. The summed E-state index contributed by atoms with van der Waals surface area (Å²) >= 11 is 6.23. The fourth-order valence-corrected chi connectivity index (χ4v) is 3.47. The number of amides is 1. The van der Waals surface area contributed by atoms with Crippen molar-refractivity contribution < 1.29 is 4.79 Å². The minimum Gasteiger partial charge on any atom is -0.301 e. The molecule has 3 aromatic rings. The normalized spacial score (nSPS) is 10.5. The molecule has 0 atom stereocenters. The summed E-state index contributed by atoms with van der Waals surface area (Å²) in [7, 11) is 0. The summed E-state index contributed by atoms with van der Waals surface area (Å²) in [5.41, 5.74) is 1.88. The predicted molar refractivity (Wildman–Crippen MR) is 98.8 cm³/mol. The molecule has 0 aliphatic rings. The standard InChI is InChI=1S/C16H12BrN3OS2/c17-12-6-4-11(5-7-12)13-9-23-16(19-13)20-14(21)10-22-15-3-1-2-8-18-15/h1-9H,10H2,(H,19,20,21). The molecule has 0 unspecified atom stereocenters. The van der Waals surface area contributed by atoms with Crippen LogP contribution >= 0.6 is 39.0 Å². The molecule has 0 saturated carbocycles. The number of nitrogens with one attached hydrogen (secondary N) is 1. The Labute approximate surface area is 150 Å². The third kappa shape index (κ3) is 4.63. The van der Waals surface area contributed by atoms with Crippen molar-refractivity contribution in [2.45, 2.75) is 5.03 Å². The fraction of sp³-hybridized carbons (Fsp3) is 0.0625. The van der Waals surface area contributed by atoms with Gasteiger partial charge in [-0.15, -0.1) is 11.3 Å². The molecule has 0 radical (unpaired) electrons. The summed E-state index contributed by atoms with van der Waals surface area (Å²) in [5, 5.41) is 6.20. The van der Waals surface area contributed by atoms with E-state index >= 15 is 0 Å². The van der Waals surface area contributed by atoms with Crippen LogP contribution in [0.4, 0.5) is 5.13 Å². The number of thiazole rings is 1. The number of benzene rings is 1. The van der Waals surface area contributed by atoms with Crippen LogP contribution in [0.3, 0.4) is 0 Å². The quantitative estimate of drug-likeness (QED) is 0.625. The van der Waals surface area contributed by atoms with Crippen molar-refractivity contribution in [3.63, 3.8) is 0 Å². The summed E-state index contributed by atoms with van der Waals surface area (Å²) in [5.74, 6) is 0.224. The zero-order valence-electron chi connectivity index (χ0n) is 11.9. The van der Waals surface area contributed by atoms with E-state index in [1.165, 1.54) is 23.1 Å². The molecule has 3 rings (SSSR count). The number of halogens is 1. The Morgan fingerprint density at radius 2 is 2.04 bits per heavy atom. The molecular weight excluding hydrogens is 394 g/mol. The fourth-order valence-electron chi connectivity index (χ4n) is 1.81. The average molecular weight is 406 g/mol. The molecule has 0 bridgehead atoms. The van der Waals surface area contributed by atoms with Crippen LogP contribution in [0.15, 0.2) is 63.5 Å². The zero-order valence-corrected chi connectivity index (χ0v) is 15.1. The summed E-state index contributed by atoms with van der Waals surface area (Å²) in [4.78, 5) is 20.6. The first-order valence-electron chi connectivity index (χ1n) is 6.76. The van der Waals surface area contributed by atoms with Gasteiger partial charge in [0, 0.05) is 21.6 Å². The molecule has 1 aromatic carbocycles. The molecule has 2 heterocycles. The lowest BCUT2D eigenvalue weighted by molar-refractivity contribution is -0.113. The Morgan fingerprint density at radius 3 is 2.78 bits per heavy atom. The lowest BCUT2D eigenvalue weighted by Gasteiger charge is -2.01. The van der Waals surface area contributed by atoms with E-state index in [0.29, 0.717) is 10.9 Å². The molecule has 0 fully saturated rings. The second-order valence-electron chi connectivity index (χ2n) is 4.55. The van der Waals surface area contributed by atoms with Gasteiger partial charge in [-0.25, -0.2) is 9.97 Å². The highest BCUT2D eigenvalue weighted by Gasteiger charge is 2.09. The van der Waals surface area contributed by atoms with Crippen molar-refractivity contribution in [2.75, 3.05) is 11.1 Å². The van der Waals surface area contributed by atoms with Gasteiger partial charge in [0.2, 0.25) is 5.91 Å². The molecule has 2 aromatic heterocycles. The van der Waals surface area contributed by atoms with Crippen LogP contribution in [0.2, 0.25) is 0 Å². The number of pyridine rings is 1. The van der Waals surface area contributed by atoms with Crippen LogP contribution in [-0.4, -0.2) is 21.6 Å². The first kappa shape index (κ1) is 16.2. The van der Waals surface area contributed by atoms with Gasteiger partial charge in [0.05, 0.1) is 16.5 Å². The van der Waals surface area contributed by atoms with Gasteiger partial charge in [-0.1, -0.05) is 45.9 Å². The molecule has 7 heteroatoms. The highest BCUT2D eigenvalue weighted by atomic mass is 79.9. The number of rotatable bonds is 5. The minimum absolute atomic E-state index is 0.0858. The van der Waals surface area contributed by atoms with Crippen LogP contribution in [-0.2, 0) is 4.79 Å². The number of nitrogens with zero attached hydrogens (tertiary/aromatic N) is 2. The Hall–Kier alpha value is -1.70. The zero-order chi connectivity index (χ0) is 16.1. The molecule has 23 heavy (non-hydrogen) atoms. The monoisotopic (exact) mass is 405 g/mol. The summed E-state index contributed by atoms with van der Waals surface area (Å²) < 4.78 is 1.02. The lowest BCUT2D eigenvalue weighted by atomic mass is 10.2. The van der Waals surface area contributed by atoms with Gasteiger partial charge in [-0.3, -0.25) is 4.79 Å². The Bertz CT molecular complexity index is 791. The third-order valence-electron chi connectivity index (χ3n) is 2.88. The van der Waals surface area contributed by atoms with Gasteiger partial charge in [0.25, 0.3) is 0 Å². The first-order chi connectivity index (χ1) is 11.2. The molecule has 1 amide bonds. The largest absolute Gasteiger partial charge is 0.301 e. The summed E-state index contributed by atoms with van der Waals surface area (Å²) in [6.07, 6.45) is 1.71. The molecular formula is C16H12BrN3OS2. The smallest absolute Gasteiger partial charge is 0.236 e. The predicted octanol–water partition coefficient (Wildman–Crippen LogP) is 4.70. The van der Waals surface area contributed by atoms with Crippen LogP contribution in [0.25, 0.3) is 11.3 Å². The number of carbonyl (C=O) groups excluding carboxylic acids is 1. The maximum atomic E-state index is 12.0. The number of hydrogen-bond donors (Lipinski definition) is 1. The average Bonchev–Trinajstić information content (AvgIpc) is 3.03. The molecule has 0 aliphatic heterocycles. The van der Waals surface area contributed by atoms with Crippen LogP contribution in [0.1, 0.15) is 0 Å². The maximum absolute atomic E-state index is 12.0. The third-order valence-corrected chi connectivity index (χ3v) is 5.11. The van der Waals surface area contributed by atoms with E-state index in [9.17, 15) is 4.79 Å². The SMILES string of the molecule is O=C(CSc1ccccn1)Nc1nc(-c2ccc(Br)cc2)cs1. The van der Waals surface area contributed by atoms with Crippen molar-refractivity contribution in [2.24, 2.45) is 0 Å². The molecule has 0 spiro atoms. The first-order valence-corrected chi connectivity index (χ1v) is 9.42. The van der Waals surface area contributed by atoms with E-state index in [-0.39, 0.29) is 5.91 Å². The second-order valence-corrected chi connectivity index (χ2v) is 7.32. The van der Waals surface area contributed by atoms with Crippen LogP contribution < -0.4 is 5.32 Å². The molecule has 0 aliphatic carbocycles. The Morgan fingerprint density at radius 1 is 1.22 bits per heavy atom. The highest BCUT2D eigenvalue weighted by molar-refractivity contribution is 9.10. The maximum Gasteiger partial charge on any atom is 0.236 e. The van der Waals surface area contributed by atoms with Gasteiger partial charge in [0.1, 0.15) is 0 Å². The lowest BCUT2D eigenvalue weighted by Crippen LogP contribution is -2.13. The van der Waals surface area contributed by atoms with Gasteiger partial charge in [-0.05, 0) is 24.3 Å². The van der Waals surface area contributed by atoms with Crippen molar-refractivity contribution in [1.29, 1.82) is 0 Å². The van der Waals surface area contributed by atoms with Crippen LogP contribution in [0, 0.1) is 0 Å². The number of anilines is 1. The van der Waals surface area contributed by atoms with Gasteiger partial charge in [-0.2, -0.15) is 0 Å². The van der Waals surface area contributed by atoms with Crippen molar-refractivity contribution >= 4 is 50.1 Å². The summed E-state index contributed by atoms with van der Waals surface area (Å²) in [6.45, 7) is 0. The number of carbonyl (C=O) groups is 1. The molecule has 116 valence electrons. The van der Waals surface area contributed by atoms with E-state index in [1.807, 2.05) is 47.8 Å². The number of aromatic nitrogens is 2. The molecule has 4 nitrogen and oxygen atoms in total. The van der Waals surface area contributed by atoms with E-state index in [0.717, 1.165) is 20.8 Å². The molecule has 1 N–H and O–H groups in total. The second kappa shape index (κ2) is 7.72. The van der Waals surface area contributed by atoms with E-state index in [2.05, 4.69) is 31.2 Å². The number of hydrogen-bond acceptors (Lipinski definition) is 5. The van der Waals surface area contributed by atoms with E-state index < -0.39 is 0 Å². The van der Waals surface area contributed by atoms with Crippen molar-refractivity contribution in [3.8, 4) is 11.3 Å². The van der Waals surface area contributed by atoms with Gasteiger partial charge in [0.15, 0.2) is 5.13 Å². The van der Waals surface area contributed by atoms with Crippen molar-refractivity contribution in [1.82, 2.24) is 9.97 Å². The Kier molecular flexibility index (Phi) is 5.43. The Balaban J connectivity index is 1.58. The minimum atomic E-state index is -0.0858.